The standard InChI is InChI=1S/C18H31N5O/c1-12(2)15-6-4-5-7-16(15)20-18(24)17-13(3)23(22-21-17)14-8-10-19-11-9-14/h12,14-16,19H,4-11H2,1-3H3,(H,20,24). The third-order valence-electron chi connectivity index (χ3n) is 5.79. The van der Waals surface area contributed by atoms with Crippen LogP contribution in [0.2, 0.25) is 0 Å². The largest absolute Gasteiger partial charge is 0.348 e. The van der Waals surface area contributed by atoms with Crippen LogP contribution in [-0.4, -0.2) is 40.0 Å². The second-order valence-corrected chi connectivity index (χ2v) is 7.72. The molecule has 2 atom stereocenters. The molecule has 1 aromatic heterocycles. The summed E-state index contributed by atoms with van der Waals surface area (Å²) in [5.74, 6) is 1.12. The van der Waals surface area contributed by atoms with Gasteiger partial charge in [0.05, 0.1) is 11.7 Å². The third kappa shape index (κ3) is 3.63. The van der Waals surface area contributed by atoms with Crippen molar-refractivity contribution in [1.29, 1.82) is 0 Å². The fraction of sp³-hybridized carbons (Fsp3) is 0.833. The van der Waals surface area contributed by atoms with Gasteiger partial charge >= 0.3 is 0 Å². The van der Waals surface area contributed by atoms with Crippen LogP contribution in [-0.2, 0) is 0 Å². The van der Waals surface area contributed by atoms with Crippen LogP contribution in [0.5, 0.6) is 0 Å². The van der Waals surface area contributed by atoms with Gasteiger partial charge in [-0.3, -0.25) is 4.79 Å². The zero-order valence-corrected chi connectivity index (χ0v) is 15.2. The van der Waals surface area contributed by atoms with Crippen molar-refractivity contribution in [2.45, 2.75) is 71.4 Å². The molecule has 2 unspecified atom stereocenters. The van der Waals surface area contributed by atoms with Gasteiger partial charge < -0.3 is 10.6 Å². The maximum absolute atomic E-state index is 12.8. The molecule has 134 valence electrons. The van der Waals surface area contributed by atoms with Gasteiger partial charge in [-0.25, -0.2) is 4.68 Å². The van der Waals surface area contributed by atoms with Gasteiger partial charge in [-0.05, 0) is 57.5 Å². The van der Waals surface area contributed by atoms with E-state index in [0.29, 0.717) is 23.6 Å². The first-order chi connectivity index (χ1) is 11.6. The highest BCUT2D eigenvalue weighted by Gasteiger charge is 2.30. The molecule has 2 fully saturated rings. The number of carbonyl (C=O) groups excluding carboxylic acids is 1. The number of aromatic nitrogens is 3. The second kappa shape index (κ2) is 7.64. The molecule has 0 spiro atoms. The monoisotopic (exact) mass is 333 g/mol. The zero-order chi connectivity index (χ0) is 17.1. The molecule has 1 aliphatic carbocycles. The summed E-state index contributed by atoms with van der Waals surface area (Å²) in [6.45, 7) is 8.49. The minimum atomic E-state index is -0.0507. The lowest BCUT2D eigenvalue weighted by atomic mass is 9.78. The van der Waals surface area contributed by atoms with Gasteiger partial charge in [-0.2, -0.15) is 0 Å². The van der Waals surface area contributed by atoms with Crippen LogP contribution in [0.4, 0.5) is 0 Å². The first kappa shape index (κ1) is 17.4. The molecular weight excluding hydrogens is 302 g/mol. The van der Waals surface area contributed by atoms with Gasteiger partial charge in [0.2, 0.25) is 0 Å². The number of piperidine rings is 1. The maximum atomic E-state index is 12.8. The van der Waals surface area contributed by atoms with Crippen molar-refractivity contribution in [3.8, 4) is 0 Å². The van der Waals surface area contributed by atoms with E-state index in [1.54, 1.807) is 0 Å². The van der Waals surface area contributed by atoms with Crippen LogP contribution in [0.3, 0.4) is 0 Å². The molecule has 6 nitrogen and oxygen atoms in total. The molecule has 2 aliphatic rings. The van der Waals surface area contributed by atoms with Gasteiger partial charge in [0.15, 0.2) is 5.69 Å². The van der Waals surface area contributed by atoms with Gasteiger partial charge in [-0.15, -0.1) is 5.10 Å². The van der Waals surface area contributed by atoms with E-state index in [2.05, 4.69) is 34.8 Å². The van der Waals surface area contributed by atoms with E-state index in [9.17, 15) is 4.79 Å². The number of hydrogen-bond acceptors (Lipinski definition) is 4. The Morgan fingerprint density at radius 2 is 1.92 bits per heavy atom. The lowest BCUT2D eigenvalue weighted by Crippen LogP contribution is -2.44. The molecule has 1 saturated carbocycles. The minimum absolute atomic E-state index is 0.0507. The SMILES string of the molecule is Cc1c(C(=O)NC2CCCCC2C(C)C)nnn1C1CCNCC1. The summed E-state index contributed by atoms with van der Waals surface area (Å²) in [4.78, 5) is 12.8. The maximum Gasteiger partial charge on any atom is 0.273 e. The zero-order valence-electron chi connectivity index (χ0n) is 15.2. The molecule has 1 aromatic rings. The second-order valence-electron chi connectivity index (χ2n) is 7.72. The summed E-state index contributed by atoms with van der Waals surface area (Å²) < 4.78 is 1.95. The summed E-state index contributed by atoms with van der Waals surface area (Å²) in [6.07, 6.45) is 6.86. The predicted molar refractivity (Wildman–Crippen MR) is 93.9 cm³/mol. The van der Waals surface area contributed by atoms with Crippen LogP contribution >= 0.6 is 0 Å². The molecule has 0 radical (unpaired) electrons. The van der Waals surface area contributed by atoms with Crippen molar-refractivity contribution in [3.05, 3.63) is 11.4 Å². The Labute approximate surface area is 144 Å². The summed E-state index contributed by atoms with van der Waals surface area (Å²) >= 11 is 0. The summed E-state index contributed by atoms with van der Waals surface area (Å²) in [6, 6.07) is 0.632. The number of nitrogens with one attached hydrogen (secondary N) is 2. The van der Waals surface area contributed by atoms with Crippen LogP contribution in [0.15, 0.2) is 0 Å². The molecule has 1 aliphatic heterocycles. The molecule has 2 heterocycles. The van der Waals surface area contributed by atoms with Crippen LogP contribution in [0, 0.1) is 18.8 Å². The molecule has 3 rings (SSSR count). The minimum Gasteiger partial charge on any atom is -0.348 e. The van der Waals surface area contributed by atoms with E-state index in [1.807, 2.05) is 11.6 Å². The van der Waals surface area contributed by atoms with Crippen molar-refractivity contribution in [2.75, 3.05) is 13.1 Å². The normalized spacial score (nSPS) is 25.8. The first-order valence-corrected chi connectivity index (χ1v) is 9.51. The number of carbonyl (C=O) groups is 1. The number of rotatable bonds is 4. The quantitative estimate of drug-likeness (QED) is 0.888. The Balaban J connectivity index is 1.69. The van der Waals surface area contributed by atoms with Gasteiger partial charge in [-0.1, -0.05) is 31.9 Å². The number of nitrogens with zero attached hydrogens (tertiary/aromatic N) is 3. The van der Waals surface area contributed by atoms with Crippen molar-refractivity contribution >= 4 is 5.91 Å². The van der Waals surface area contributed by atoms with Crippen molar-refractivity contribution in [3.63, 3.8) is 0 Å². The molecular formula is C18H31N5O. The van der Waals surface area contributed by atoms with Crippen LogP contribution in [0.25, 0.3) is 0 Å². The van der Waals surface area contributed by atoms with E-state index in [-0.39, 0.29) is 11.9 Å². The lowest BCUT2D eigenvalue weighted by Gasteiger charge is -2.34. The molecule has 1 saturated heterocycles. The highest BCUT2D eigenvalue weighted by molar-refractivity contribution is 5.93. The Hall–Kier alpha value is -1.43. The van der Waals surface area contributed by atoms with Crippen molar-refractivity contribution in [1.82, 2.24) is 25.6 Å². The lowest BCUT2D eigenvalue weighted by molar-refractivity contribution is 0.0883. The van der Waals surface area contributed by atoms with Gasteiger partial charge in [0.25, 0.3) is 5.91 Å². The topological polar surface area (TPSA) is 71.8 Å². The smallest absolute Gasteiger partial charge is 0.273 e. The molecule has 24 heavy (non-hydrogen) atoms. The van der Waals surface area contributed by atoms with E-state index >= 15 is 0 Å². The highest BCUT2D eigenvalue weighted by Crippen LogP contribution is 2.30. The summed E-state index contributed by atoms with van der Waals surface area (Å²) in [5, 5.41) is 15.1. The van der Waals surface area contributed by atoms with E-state index in [0.717, 1.165) is 38.0 Å². The average molecular weight is 333 g/mol. The molecule has 2 N–H and O–H groups in total. The van der Waals surface area contributed by atoms with E-state index < -0.39 is 0 Å². The third-order valence-corrected chi connectivity index (χ3v) is 5.79. The number of hydrogen-bond donors (Lipinski definition) is 2. The van der Waals surface area contributed by atoms with Crippen molar-refractivity contribution in [2.24, 2.45) is 11.8 Å². The predicted octanol–water partition coefficient (Wildman–Crippen LogP) is 2.46. The van der Waals surface area contributed by atoms with Gasteiger partial charge in [0.1, 0.15) is 0 Å². The Kier molecular flexibility index (Phi) is 5.54. The first-order valence-electron chi connectivity index (χ1n) is 9.51. The van der Waals surface area contributed by atoms with Gasteiger partial charge in [0, 0.05) is 6.04 Å². The fourth-order valence-corrected chi connectivity index (χ4v) is 4.32. The molecule has 6 heteroatoms. The van der Waals surface area contributed by atoms with Crippen LogP contribution in [0.1, 0.15) is 74.6 Å². The average Bonchev–Trinajstić information content (AvgIpc) is 2.97. The number of amides is 1. The Morgan fingerprint density at radius 3 is 2.62 bits per heavy atom. The van der Waals surface area contributed by atoms with Crippen molar-refractivity contribution < 1.29 is 4.79 Å². The fourth-order valence-electron chi connectivity index (χ4n) is 4.32. The Bertz CT molecular complexity index is 562. The van der Waals surface area contributed by atoms with E-state index in [4.69, 9.17) is 0 Å². The van der Waals surface area contributed by atoms with E-state index in [1.165, 1.54) is 19.3 Å². The molecule has 0 aromatic carbocycles. The highest BCUT2D eigenvalue weighted by atomic mass is 16.2. The summed E-state index contributed by atoms with van der Waals surface area (Å²) in [5.41, 5.74) is 1.40. The van der Waals surface area contributed by atoms with Crippen LogP contribution < -0.4 is 10.6 Å². The Morgan fingerprint density at radius 1 is 1.21 bits per heavy atom. The molecule has 1 amide bonds. The summed E-state index contributed by atoms with van der Waals surface area (Å²) in [7, 11) is 0. The molecule has 0 bridgehead atoms.